The zero-order chi connectivity index (χ0) is 27.4. The number of ether oxygens (including phenoxy) is 1. The Morgan fingerprint density at radius 2 is 1.87 bits per heavy atom. The number of nitrogens with zero attached hydrogens (tertiary/aromatic N) is 3. The van der Waals surface area contributed by atoms with Gasteiger partial charge >= 0.3 is 0 Å². The summed E-state index contributed by atoms with van der Waals surface area (Å²) in [5, 5.41) is -0.0990. The maximum absolute atomic E-state index is 13.6. The van der Waals surface area contributed by atoms with E-state index in [0.717, 1.165) is 18.4 Å². The van der Waals surface area contributed by atoms with Crippen LogP contribution in [0.15, 0.2) is 82.7 Å². The van der Waals surface area contributed by atoms with Gasteiger partial charge in [-0.15, -0.1) is 0 Å². The Morgan fingerprint density at radius 3 is 2.54 bits per heavy atom. The number of halogens is 1. The minimum Gasteiger partial charge on any atom is -0.467 e. The van der Waals surface area contributed by atoms with Gasteiger partial charge in [-0.1, -0.05) is 29.8 Å². The topological polar surface area (TPSA) is 94.6 Å². The Hall–Kier alpha value is -3.76. The van der Waals surface area contributed by atoms with Gasteiger partial charge < -0.3 is 18.6 Å². The van der Waals surface area contributed by atoms with Crippen molar-refractivity contribution >= 4 is 15.7 Å². The maximum atomic E-state index is 13.6. The lowest BCUT2D eigenvalue weighted by atomic mass is 10.1. The predicted molar refractivity (Wildman–Crippen MR) is 142 cm³/mol. The minimum atomic E-state index is -3.89. The average Bonchev–Trinajstić information content (AvgIpc) is 3.69. The summed E-state index contributed by atoms with van der Waals surface area (Å²) in [7, 11) is -3.89. The lowest BCUT2D eigenvalue weighted by Gasteiger charge is -2.24. The highest BCUT2D eigenvalue weighted by molar-refractivity contribution is 7.90. The molecule has 1 aliphatic heterocycles. The third-order valence-electron chi connectivity index (χ3n) is 6.73. The van der Waals surface area contributed by atoms with E-state index in [9.17, 15) is 17.6 Å². The van der Waals surface area contributed by atoms with Crippen molar-refractivity contribution in [3.8, 4) is 0 Å². The fourth-order valence-corrected chi connectivity index (χ4v) is 6.18. The third kappa shape index (κ3) is 6.46. The third-order valence-corrected chi connectivity index (χ3v) is 8.32. The molecular formula is C29H30FN3O5S. The summed E-state index contributed by atoms with van der Waals surface area (Å²) in [5.41, 5.74) is 2.57. The minimum absolute atomic E-state index is 0.0990. The number of aromatic nitrogens is 2. The highest BCUT2D eigenvalue weighted by Gasteiger charge is 2.29. The van der Waals surface area contributed by atoms with E-state index >= 15 is 0 Å². The molecule has 1 aliphatic rings. The molecule has 1 saturated heterocycles. The number of carbonyl (C=O) groups is 1. The molecule has 0 bridgehead atoms. The fraction of sp³-hybridized carbons (Fsp3) is 0.310. The van der Waals surface area contributed by atoms with E-state index in [-0.39, 0.29) is 36.0 Å². The van der Waals surface area contributed by atoms with E-state index in [1.807, 2.05) is 19.1 Å². The van der Waals surface area contributed by atoms with Crippen molar-refractivity contribution in [3.63, 3.8) is 0 Å². The van der Waals surface area contributed by atoms with Gasteiger partial charge in [-0.05, 0) is 61.7 Å². The smallest absolute Gasteiger partial charge is 0.254 e. The van der Waals surface area contributed by atoms with E-state index in [2.05, 4.69) is 4.98 Å². The molecule has 0 N–H and O–H groups in total. The molecule has 1 amide bonds. The van der Waals surface area contributed by atoms with Gasteiger partial charge in [-0.2, -0.15) is 0 Å². The number of imidazole rings is 1. The molecule has 4 aromatic rings. The molecule has 39 heavy (non-hydrogen) atoms. The Kier molecular flexibility index (Phi) is 7.94. The van der Waals surface area contributed by atoms with Crippen molar-refractivity contribution in [2.45, 2.75) is 56.4 Å². The van der Waals surface area contributed by atoms with Crippen molar-refractivity contribution in [2.24, 2.45) is 0 Å². The second-order valence-corrected chi connectivity index (χ2v) is 11.7. The number of aryl methyl sites for hydroxylation is 1. The zero-order valence-corrected chi connectivity index (χ0v) is 22.4. The summed E-state index contributed by atoms with van der Waals surface area (Å²) >= 11 is 0. The summed E-state index contributed by atoms with van der Waals surface area (Å²) in [4.78, 5) is 19.5. The molecule has 3 heterocycles. The second-order valence-electron chi connectivity index (χ2n) is 9.77. The maximum Gasteiger partial charge on any atom is 0.254 e. The Bertz CT molecular complexity index is 1510. The predicted octanol–water partition coefficient (Wildman–Crippen LogP) is 4.92. The van der Waals surface area contributed by atoms with Crippen LogP contribution in [0.4, 0.5) is 4.39 Å². The van der Waals surface area contributed by atoms with E-state index in [0.29, 0.717) is 35.7 Å². The van der Waals surface area contributed by atoms with E-state index in [1.54, 1.807) is 40.0 Å². The highest BCUT2D eigenvalue weighted by atomic mass is 32.2. The molecule has 0 aliphatic carbocycles. The first-order valence-corrected chi connectivity index (χ1v) is 14.5. The molecule has 1 atom stereocenters. The summed E-state index contributed by atoms with van der Waals surface area (Å²) < 4.78 is 53.4. The Balaban J connectivity index is 1.48. The molecule has 8 nitrogen and oxygen atoms in total. The SMILES string of the molecule is Cc1ccc(C(=O)N(Cc2ccco2)Cc2cnc(S(=O)(=O)Cc3ccc(F)cc3)n2C[C@@H]2CCCO2)cc1. The molecule has 1 fully saturated rings. The number of sulfone groups is 1. The van der Waals surface area contributed by atoms with Gasteiger partial charge in [0.25, 0.3) is 5.91 Å². The highest BCUT2D eigenvalue weighted by Crippen LogP contribution is 2.24. The van der Waals surface area contributed by atoms with Gasteiger partial charge in [0.05, 0.1) is 49.6 Å². The first-order valence-electron chi connectivity index (χ1n) is 12.8. The van der Waals surface area contributed by atoms with Crippen molar-refractivity contribution < 1.29 is 26.8 Å². The number of rotatable bonds is 10. The van der Waals surface area contributed by atoms with E-state index in [1.165, 1.54) is 30.5 Å². The van der Waals surface area contributed by atoms with Crippen LogP contribution < -0.4 is 0 Å². The van der Waals surface area contributed by atoms with Crippen LogP contribution in [0.1, 0.15) is 45.8 Å². The van der Waals surface area contributed by atoms with Crippen LogP contribution in [-0.2, 0) is 40.0 Å². The van der Waals surface area contributed by atoms with Gasteiger partial charge in [0.15, 0.2) is 0 Å². The van der Waals surface area contributed by atoms with E-state index in [4.69, 9.17) is 9.15 Å². The fourth-order valence-electron chi connectivity index (χ4n) is 4.68. The second kappa shape index (κ2) is 11.5. The van der Waals surface area contributed by atoms with Crippen LogP contribution in [0.25, 0.3) is 0 Å². The van der Waals surface area contributed by atoms with Gasteiger partial charge in [-0.3, -0.25) is 4.79 Å². The van der Waals surface area contributed by atoms with Crippen LogP contribution in [-0.4, -0.2) is 41.5 Å². The van der Waals surface area contributed by atoms with Gasteiger partial charge in [0.2, 0.25) is 15.0 Å². The summed E-state index contributed by atoms with van der Waals surface area (Å²) in [6.07, 6.45) is 4.58. The van der Waals surface area contributed by atoms with Crippen molar-refractivity contribution in [1.29, 1.82) is 0 Å². The molecule has 0 radical (unpaired) electrons. The molecule has 204 valence electrons. The van der Waals surface area contributed by atoms with Crippen molar-refractivity contribution in [1.82, 2.24) is 14.5 Å². The molecular weight excluding hydrogens is 521 g/mol. The standard InChI is InChI=1S/C29H30FN3O5S/c1-21-6-10-23(11-7-21)28(34)32(18-26-4-2-14-37-26)17-25-16-31-29(33(25)19-27-5-3-15-38-27)39(35,36)20-22-8-12-24(30)13-9-22/h2,4,6-14,16,27H,3,5,15,17-20H2,1H3/t27-/m0/s1. The molecule has 2 aromatic heterocycles. The Labute approximate surface area is 227 Å². The summed E-state index contributed by atoms with van der Waals surface area (Å²) in [6, 6.07) is 16.2. The average molecular weight is 552 g/mol. The molecule has 10 heteroatoms. The van der Waals surface area contributed by atoms with Crippen LogP contribution in [0.2, 0.25) is 0 Å². The van der Waals surface area contributed by atoms with Gasteiger partial charge in [-0.25, -0.2) is 17.8 Å². The summed E-state index contributed by atoms with van der Waals surface area (Å²) in [6.45, 7) is 3.16. The summed E-state index contributed by atoms with van der Waals surface area (Å²) in [5.74, 6) is -0.377. The number of benzene rings is 2. The van der Waals surface area contributed by atoms with E-state index < -0.39 is 15.7 Å². The molecule has 0 unspecified atom stereocenters. The van der Waals surface area contributed by atoms with Crippen LogP contribution >= 0.6 is 0 Å². The molecule has 5 rings (SSSR count). The first-order chi connectivity index (χ1) is 18.8. The van der Waals surface area contributed by atoms with Crippen molar-refractivity contribution in [2.75, 3.05) is 6.61 Å². The number of carbonyl (C=O) groups excluding carboxylic acids is 1. The van der Waals surface area contributed by atoms with Crippen LogP contribution in [0, 0.1) is 12.7 Å². The van der Waals surface area contributed by atoms with Crippen molar-refractivity contribution in [3.05, 3.63) is 107 Å². The number of hydrogen-bond donors (Lipinski definition) is 0. The van der Waals surface area contributed by atoms with Crippen LogP contribution in [0.3, 0.4) is 0 Å². The number of amides is 1. The lowest BCUT2D eigenvalue weighted by molar-refractivity contribution is 0.0706. The van der Waals surface area contributed by atoms with Crippen LogP contribution in [0.5, 0.6) is 0 Å². The lowest BCUT2D eigenvalue weighted by Crippen LogP contribution is -2.32. The first kappa shape index (κ1) is 26.8. The quantitative estimate of drug-likeness (QED) is 0.278. The molecule has 0 spiro atoms. The van der Waals surface area contributed by atoms with Gasteiger partial charge in [0, 0.05) is 12.2 Å². The largest absolute Gasteiger partial charge is 0.467 e. The zero-order valence-electron chi connectivity index (χ0n) is 21.6. The number of hydrogen-bond acceptors (Lipinski definition) is 6. The van der Waals surface area contributed by atoms with Gasteiger partial charge in [0.1, 0.15) is 11.6 Å². The molecule has 2 aromatic carbocycles. The Morgan fingerprint density at radius 1 is 1.10 bits per heavy atom. The monoisotopic (exact) mass is 551 g/mol. The normalized spacial score (nSPS) is 15.5. The molecule has 0 saturated carbocycles. The number of furan rings is 1.